The standard InChI is InChI=1S/C23H32O6/c1-12(11-27-5)13-16(24)14-15(20(29-7)19(13)28-6)23(4)10-8-9-22(2,3)21(23)18(26)17(14)25/h12,21,24H,8-11H2,1-7H3/t12-,21-,23-/m1/s1. The van der Waals surface area contributed by atoms with Gasteiger partial charge in [0, 0.05) is 35.5 Å². The fourth-order valence-electron chi connectivity index (χ4n) is 5.89. The van der Waals surface area contributed by atoms with Crippen molar-refractivity contribution >= 4 is 11.6 Å². The van der Waals surface area contributed by atoms with Crippen LogP contribution < -0.4 is 9.47 Å². The van der Waals surface area contributed by atoms with Gasteiger partial charge >= 0.3 is 0 Å². The summed E-state index contributed by atoms with van der Waals surface area (Å²) in [6.45, 7) is 8.30. The molecule has 0 unspecified atom stereocenters. The number of rotatable bonds is 5. The predicted molar refractivity (Wildman–Crippen MR) is 109 cm³/mol. The molecule has 1 aromatic rings. The van der Waals surface area contributed by atoms with Gasteiger partial charge in [0.25, 0.3) is 0 Å². The highest BCUT2D eigenvalue weighted by molar-refractivity contribution is 6.47. The highest BCUT2D eigenvalue weighted by atomic mass is 16.5. The van der Waals surface area contributed by atoms with Crippen molar-refractivity contribution in [3.8, 4) is 17.2 Å². The number of hydrogen-bond acceptors (Lipinski definition) is 6. The minimum atomic E-state index is -0.637. The van der Waals surface area contributed by atoms with Crippen LogP contribution in [-0.4, -0.2) is 44.6 Å². The molecular weight excluding hydrogens is 372 g/mol. The van der Waals surface area contributed by atoms with Gasteiger partial charge in [-0.15, -0.1) is 0 Å². The zero-order valence-corrected chi connectivity index (χ0v) is 18.5. The third-order valence-corrected chi connectivity index (χ3v) is 6.96. The van der Waals surface area contributed by atoms with Crippen LogP contribution in [0.15, 0.2) is 0 Å². The Morgan fingerprint density at radius 2 is 1.69 bits per heavy atom. The number of Topliss-reactive ketones (excluding diaryl/α,β-unsaturated/α-hetero) is 2. The van der Waals surface area contributed by atoms with Crippen molar-refractivity contribution in [2.45, 2.75) is 58.3 Å². The summed E-state index contributed by atoms with van der Waals surface area (Å²) in [6, 6.07) is 0. The Morgan fingerprint density at radius 1 is 1.07 bits per heavy atom. The molecule has 2 aliphatic carbocycles. The molecule has 0 saturated heterocycles. The first-order valence-electron chi connectivity index (χ1n) is 10.2. The lowest BCUT2D eigenvalue weighted by molar-refractivity contribution is -0.128. The number of aromatic hydroxyl groups is 1. The van der Waals surface area contributed by atoms with E-state index in [1.165, 1.54) is 14.2 Å². The molecule has 0 bridgehead atoms. The van der Waals surface area contributed by atoms with Crippen molar-refractivity contribution in [3.05, 3.63) is 16.7 Å². The van der Waals surface area contributed by atoms with Gasteiger partial charge in [0.05, 0.1) is 26.4 Å². The van der Waals surface area contributed by atoms with E-state index in [1.807, 2.05) is 27.7 Å². The molecule has 1 N–H and O–H groups in total. The van der Waals surface area contributed by atoms with E-state index in [0.29, 0.717) is 29.2 Å². The van der Waals surface area contributed by atoms with E-state index in [2.05, 4.69) is 0 Å². The molecule has 2 aliphatic rings. The normalized spacial score (nSPS) is 26.5. The molecular formula is C23H32O6. The second kappa shape index (κ2) is 7.31. The number of fused-ring (bicyclic) bond motifs is 3. The van der Waals surface area contributed by atoms with Gasteiger partial charge in [-0.1, -0.05) is 34.1 Å². The molecule has 6 nitrogen and oxygen atoms in total. The van der Waals surface area contributed by atoms with E-state index in [4.69, 9.17) is 14.2 Å². The zero-order valence-electron chi connectivity index (χ0n) is 18.5. The second-order valence-corrected chi connectivity index (χ2v) is 9.32. The Kier molecular flexibility index (Phi) is 5.45. The maximum Gasteiger partial charge on any atom is 0.233 e. The maximum absolute atomic E-state index is 13.3. The number of phenols is 1. The Labute approximate surface area is 172 Å². The summed E-state index contributed by atoms with van der Waals surface area (Å²) in [5.74, 6) is -1.14. The maximum atomic E-state index is 13.3. The topological polar surface area (TPSA) is 82.1 Å². The van der Waals surface area contributed by atoms with Crippen LogP contribution >= 0.6 is 0 Å². The summed E-state index contributed by atoms with van der Waals surface area (Å²) in [5, 5.41) is 11.2. The van der Waals surface area contributed by atoms with Gasteiger partial charge in [0.1, 0.15) is 5.75 Å². The molecule has 1 fully saturated rings. The Balaban J connectivity index is 2.43. The SMILES string of the molecule is COC[C@@H](C)c1c(O)c2c(c(OC)c1OC)[C@@]1(C)CCCC(C)(C)[C@H]1C(=O)C2=O. The van der Waals surface area contributed by atoms with E-state index >= 15 is 0 Å². The number of hydrogen-bond donors (Lipinski definition) is 1. The van der Waals surface area contributed by atoms with Crippen LogP contribution in [0.5, 0.6) is 17.2 Å². The van der Waals surface area contributed by atoms with Gasteiger partial charge in [0.2, 0.25) is 11.6 Å². The first-order valence-corrected chi connectivity index (χ1v) is 10.2. The molecule has 1 saturated carbocycles. The molecule has 1 aromatic carbocycles. The number of phenolic OH excluding ortho intramolecular Hbond substituents is 1. The molecule has 6 heteroatoms. The van der Waals surface area contributed by atoms with E-state index < -0.39 is 22.9 Å². The van der Waals surface area contributed by atoms with Gasteiger partial charge in [-0.25, -0.2) is 0 Å². The number of methoxy groups -OCH3 is 3. The third kappa shape index (κ3) is 2.95. The van der Waals surface area contributed by atoms with Gasteiger partial charge in [-0.05, 0) is 18.3 Å². The van der Waals surface area contributed by atoms with E-state index in [9.17, 15) is 14.7 Å². The summed E-state index contributed by atoms with van der Waals surface area (Å²) in [5.41, 5.74) is 0.157. The number of carbonyl (C=O) groups is 2. The fourth-order valence-corrected chi connectivity index (χ4v) is 5.89. The van der Waals surface area contributed by atoms with Crippen molar-refractivity contribution in [1.29, 1.82) is 0 Å². The lowest BCUT2D eigenvalue weighted by atomic mass is 9.49. The molecule has 0 aliphatic heterocycles. The van der Waals surface area contributed by atoms with Crippen LogP contribution in [-0.2, 0) is 14.9 Å². The predicted octanol–water partition coefficient (Wildman–Crippen LogP) is 4.01. The smallest absolute Gasteiger partial charge is 0.233 e. The van der Waals surface area contributed by atoms with E-state index in [1.54, 1.807) is 7.11 Å². The lowest BCUT2D eigenvalue weighted by Crippen LogP contribution is -2.55. The van der Waals surface area contributed by atoms with E-state index in [0.717, 1.165) is 19.3 Å². The van der Waals surface area contributed by atoms with Crippen LogP contribution in [0.3, 0.4) is 0 Å². The number of benzene rings is 1. The molecule has 3 rings (SSSR count). The Hall–Kier alpha value is -2.08. The molecule has 0 radical (unpaired) electrons. The van der Waals surface area contributed by atoms with Gasteiger partial charge < -0.3 is 19.3 Å². The van der Waals surface area contributed by atoms with Crippen molar-refractivity contribution in [1.82, 2.24) is 0 Å². The van der Waals surface area contributed by atoms with Crippen molar-refractivity contribution in [3.63, 3.8) is 0 Å². The monoisotopic (exact) mass is 404 g/mol. The Morgan fingerprint density at radius 3 is 2.24 bits per heavy atom. The zero-order chi connectivity index (χ0) is 21.7. The molecule has 160 valence electrons. The third-order valence-electron chi connectivity index (χ3n) is 6.96. The molecule has 3 atom stereocenters. The van der Waals surface area contributed by atoms with Crippen molar-refractivity contribution < 1.29 is 28.9 Å². The van der Waals surface area contributed by atoms with Gasteiger partial charge in [-0.3, -0.25) is 9.59 Å². The summed E-state index contributed by atoms with van der Waals surface area (Å²) in [7, 11) is 4.63. The molecule has 0 heterocycles. The summed E-state index contributed by atoms with van der Waals surface area (Å²) >= 11 is 0. The molecule has 0 spiro atoms. The number of ether oxygens (including phenoxy) is 3. The highest BCUT2D eigenvalue weighted by Gasteiger charge is 2.59. The largest absolute Gasteiger partial charge is 0.507 e. The average molecular weight is 405 g/mol. The molecule has 0 aromatic heterocycles. The van der Waals surface area contributed by atoms with Gasteiger partial charge in [-0.2, -0.15) is 0 Å². The lowest BCUT2D eigenvalue weighted by Gasteiger charge is -2.52. The number of carbonyl (C=O) groups excluding carboxylic acids is 2. The van der Waals surface area contributed by atoms with E-state index in [-0.39, 0.29) is 22.6 Å². The Bertz CT molecular complexity index is 856. The van der Waals surface area contributed by atoms with Crippen molar-refractivity contribution in [2.75, 3.05) is 27.9 Å². The molecule has 0 amide bonds. The van der Waals surface area contributed by atoms with Crippen LogP contribution in [0.25, 0.3) is 0 Å². The van der Waals surface area contributed by atoms with Crippen LogP contribution in [0, 0.1) is 11.3 Å². The quantitative estimate of drug-likeness (QED) is 0.747. The highest BCUT2D eigenvalue weighted by Crippen LogP contribution is 2.61. The average Bonchev–Trinajstić information content (AvgIpc) is 2.64. The second-order valence-electron chi connectivity index (χ2n) is 9.32. The fraction of sp³-hybridized carbons (Fsp3) is 0.652. The van der Waals surface area contributed by atoms with Crippen LogP contribution in [0.2, 0.25) is 0 Å². The number of ketones is 2. The summed E-state index contributed by atoms with van der Waals surface area (Å²) in [4.78, 5) is 26.6. The van der Waals surface area contributed by atoms with Crippen LogP contribution in [0.1, 0.15) is 74.4 Å². The van der Waals surface area contributed by atoms with Crippen molar-refractivity contribution in [2.24, 2.45) is 11.3 Å². The summed E-state index contributed by atoms with van der Waals surface area (Å²) in [6.07, 6.45) is 2.53. The molecule has 29 heavy (non-hydrogen) atoms. The first-order chi connectivity index (χ1) is 13.6. The van der Waals surface area contributed by atoms with Crippen LogP contribution in [0.4, 0.5) is 0 Å². The minimum Gasteiger partial charge on any atom is -0.507 e. The first kappa shape index (κ1) is 21.6. The summed E-state index contributed by atoms with van der Waals surface area (Å²) < 4.78 is 16.7. The minimum absolute atomic E-state index is 0.0713. The van der Waals surface area contributed by atoms with Gasteiger partial charge in [0.15, 0.2) is 11.5 Å².